The van der Waals surface area contributed by atoms with Crippen molar-refractivity contribution in [1.82, 2.24) is 15.1 Å². The molecule has 2 atom stereocenters. The number of hydrogen-bond acceptors (Lipinski definition) is 4. The maximum absolute atomic E-state index is 12.4. The van der Waals surface area contributed by atoms with Crippen molar-refractivity contribution < 1.29 is 9.53 Å². The number of hydrogen-bond donors (Lipinski definition) is 1. The van der Waals surface area contributed by atoms with Gasteiger partial charge in [0.2, 0.25) is 0 Å². The van der Waals surface area contributed by atoms with E-state index in [0.29, 0.717) is 12.1 Å². The first-order chi connectivity index (χ1) is 10.2. The number of amides is 1. The van der Waals surface area contributed by atoms with Crippen LogP contribution >= 0.6 is 0 Å². The molecule has 1 N–H and O–H groups in total. The summed E-state index contributed by atoms with van der Waals surface area (Å²) in [5, 5.41) is 3.55. The molecule has 2 unspecified atom stereocenters. The minimum atomic E-state index is -0.422. The normalized spacial score (nSPS) is 21.0. The Morgan fingerprint density at radius 2 is 2.05 bits per heavy atom. The number of ether oxygens (including phenoxy) is 1. The molecule has 0 aromatic rings. The highest BCUT2D eigenvalue weighted by molar-refractivity contribution is 5.68. The molecule has 1 fully saturated rings. The van der Waals surface area contributed by atoms with Crippen molar-refractivity contribution in [3.63, 3.8) is 0 Å². The van der Waals surface area contributed by atoms with Gasteiger partial charge in [0.05, 0.1) is 0 Å². The van der Waals surface area contributed by atoms with Crippen LogP contribution in [0.1, 0.15) is 53.4 Å². The van der Waals surface area contributed by atoms with E-state index in [1.165, 1.54) is 6.42 Å². The van der Waals surface area contributed by atoms with Gasteiger partial charge in [-0.2, -0.15) is 0 Å². The summed E-state index contributed by atoms with van der Waals surface area (Å²) in [6.45, 7) is 10.8. The van der Waals surface area contributed by atoms with Crippen LogP contribution in [0.3, 0.4) is 0 Å². The Kier molecular flexibility index (Phi) is 7.63. The summed E-state index contributed by atoms with van der Waals surface area (Å²) in [4.78, 5) is 16.5. The second-order valence-corrected chi connectivity index (χ2v) is 7.72. The number of carbonyl (C=O) groups excluding carboxylic acids is 1. The van der Waals surface area contributed by atoms with Crippen LogP contribution in [0.2, 0.25) is 0 Å². The van der Waals surface area contributed by atoms with Gasteiger partial charge in [0, 0.05) is 31.7 Å². The molecule has 22 heavy (non-hydrogen) atoms. The standard InChI is InChI=1S/C17H35N3O2/c1-14(18-10-12-19(5)6)13-15-9-7-8-11-20(15)16(21)22-17(2,3)4/h14-15,18H,7-13H2,1-6H3. The van der Waals surface area contributed by atoms with Crippen LogP contribution in [0.25, 0.3) is 0 Å². The predicted molar refractivity (Wildman–Crippen MR) is 91.2 cm³/mol. The molecule has 1 aliphatic heterocycles. The molecule has 1 heterocycles. The van der Waals surface area contributed by atoms with Gasteiger partial charge in [0.1, 0.15) is 5.60 Å². The van der Waals surface area contributed by atoms with E-state index in [-0.39, 0.29) is 6.09 Å². The zero-order chi connectivity index (χ0) is 16.8. The summed E-state index contributed by atoms with van der Waals surface area (Å²) in [7, 11) is 4.16. The molecule has 0 saturated carbocycles. The molecule has 130 valence electrons. The molecule has 0 aliphatic carbocycles. The number of carbonyl (C=O) groups is 1. The van der Waals surface area contributed by atoms with Crippen LogP contribution in [0.5, 0.6) is 0 Å². The lowest BCUT2D eigenvalue weighted by Crippen LogP contribution is -2.48. The molecule has 1 amide bonds. The van der Waals surface area contributed by atoms with Gasteiger partial charge in [0.15, 0.2) is 0 Å². The minimum absolute atomic E-state index is 0.155. The fourth-order valence-electron chi connectivity index (χ4n) is 2.83. The van der Waals surface area contributed by atoms with Gasteiger partial charge < -0.3 is 19.9 Å². The molecule has 1 rings (SSSR count). The average Bonchev–Trinajstić information content (AvgIpc) is 2.36. The highest BCUT2D eigenvalue weighted by Gasteiger charge is 2.31. The lowest BCUT2D eigenvalue weighted by atomic mass is 9.97. The molecule has 5 nitrogen and oxygen atoms in total. The second kappa shape index (κ2) is 8.73. The SMILES string of the molecule is CC(CC1CCCCN1C(=O)OC(C)(C)C)NCCN(C)C. The predicted octanol–water partition coefficient (Wildman–Crippen LogP) is 2.71. The van der Waals surface area contributed by atoms with Gasteiger partial charge in [0.25, 0.3) is 0 Å². The number of likely N-dealkylation sites (tertiary alicyclic amines) is 1. The average molecular weight is 313 g/mol. The molecule has 0 aromatic carbocycles. The van der Waals surface area contributed by atoms with E-state index in [1.807, 2.05) is 25.7 Å². The Bertz CT molecular complexity index is 339. The van der Waals surface area contributed by atoms with Crippen molar-refractivity contribution in [2.75, 3.05) is 33.7 Å². The molecule has 1 aliphatic rings. The van der Waals surface area contributed by atoms with E-state index in [1.54, 1.807) is 0 Å². The molecular weight excluding hydrogens is 278 g/mol. The summed E-state index contributed by atoms with van der Waals surface area (Å²) in [5.74, 6) is 0. The first-order valence-electron chi connectivity index (χ1n) is 8.57. The summed E-state index contributed by atoms with van der Waals surface area (Å²) in [5.41, 5.74) is -0.422. The monoisotopic (exact) mass is 313 g/mol. The van der Waals surface area contributed by atoms with Crippen LogP contribution in [-0.2, 0) is 4.74 Å². The van der Waals surface area contributed by atoms with Crippen molar-refractivity contribution in [2.45, 2.75) is 71.1 Å². The maximum atomic E-state index is 12.4. The smallest absolute Gasteiger partial charge is 0.410 e. The Hall–Kier alpha value is -0.810. The van der Waals surface area contributed by atoms with Crippen LogP contribution in [0.15, 0.2) is 0 Å². The van der Waals surface area contributed by atoms with E-state index >= 15 is 0 Å². The van der Waals surface area contributed by atoms with Gasteiger partial charge >= 0.3 is 6.09 Å². The zero-order valence-corrected chi connectivity index (χ0v) is 15.3. The summed E-state index contributed by atoms with van der Waals surface area (Å²) in [6.07, 6.45) is 4.20. The van der Waals surface area contributed by atoms with Gasteiger partial charge in [-0.25, -0.2) is 4.79 Å². The minimum Gasteiger partial charge on any atom is -0.444 e. The van der Waals surface area contributed by atoms with Crippen molar-refractivity contribution in [3.8, 4) is 0 Å². The lowest BCUT2D eigenvalue weighted by molar-refractivity contribution is 0.00791. The van der Waals surface area contributed by atoms with Gasteiger partial charge in [-0.1, -0.05) is 0 Å². The molecule has 1 saturated heterocycles. The molecule has 0 spiro atoms. The summed E-state index contributed by atoms with van der Waals surface area (Å²) >= 11 is 0. The van der Waals surface area contributed by atoms with Crippen molar-refractivity contribution >= 4 is 6.09 Å². The first-order valence-corrected chi connectivity index (χ1v) is 8.57. The zero-order valence-electron chi connectivity index (χ0n) is 15.3. The molecule has 0 radical (unpaired) electrons. The fraction of sp³-hybridized carbons (Fsp3) is 0.941. The van der Waals surface area contributed by atoms with Crippen molar-refractivity contribution in [3.05, 3.63) is 0 Å². The van der Waals surface area contributed by atoms with Crippen LogP contribution in [-0.4, -0.2) is 67.3 Å². The quantitative estimate of drug-likeness (QED) is 0.819. The highest BCUT2D eigenvalue weighted by atomic mass is 16.6. The molecular formula is C17H35N3O2. The Morgan fingerprint density at radius 1 is 1.36 bits per heavy atom. The molecule has 0 bridgehead atoms. The van der Waals surface area contributed by atoms with Crippen LogP contribution in [0, 0.1) is 0 Å². The van der Waals surface area contributed by atoms with Gasteiger partial charge in [-0.15, -0.1) is 0 Å². The van der Waals surface area contributed by atoms with E-state index in [9.17, 15) is 4.79 Å². The highest BCUT2D eigenvalue weighted by Crippen LogP contribution is 2.23. The van der Waals surface area contributed by atoms with E-state index < -0.39 is 5.60 Å². The number of nitrogens with zero attached hydrogens (tertiary/aromatic N) is 2. The van der Waals surface area contributed by atoms with Crippen molar-refractivity contribution in [2.24, 2.45) is 0 Å². The second-order valence-electron chi connectivity index (χ2n) is 7.72. The van der Waals surface area contributed by atoms with Crippen molar-refractivity contribution in [1.29, 1.82) is 0 Å². The van der Waals surface area contributed by atoms with Gasteiger partial charge in [-0.05, 0) is 67.5 Å². The molecule has 0 aromatic heterocycles. The topological polar surface area (TPSA) is 44.8 Å². The van der Waals surface area contributed by atoms with E-state index in [4.69, 9.17) is 4.74 Å². The van der Waals surface area contributed by atoms with E-state index in [2.05, 4.69) is 31.2 Å². The fourth-order valence-corrected chi connectivity index (χ4v) is 2.83. The van der Waals surface area contributed by atoms with Crippen LogP contribution in [0.4, 0.5) is 4.79 Å². The lowest BCUT2D eigenvalue weighted by Gasteiger charge is -2.38. The van der Waals surface area contributed by atoms with E-state index in [0.717, 1.165) is 38.9 Å². The third-order valence-electron chi connectivity index (χ3n) is 3.93. The number of rotatable bonds is 6. The third-order valence-corrected chi connectivity index (χ3v) is 3.93. The summed E-state index contributed by atoms with van der Waals surface area (Å²) < 4.78 is 5.56. The third kappa shape index (κ3) is 7.45. The van der Waals surface area contributed by atoms with Crippen LogP contribution < -0.4 is 5.32 Å². The largest absolute Gasteiger partial charge is 0.444 e. The first kappa shape index (κ1) is 19.2. The Morgan fingerprint density at radius 3 is 2.64 bits per heavy atom. The Labute approximate surface area is 136 Å². The maximum Gasteiger partial charge on any atom is 0.410 e. The Balaban J connectivity index is 2.49. The van der Waals surface area contributed by atoms with Gasteiger partial charge in [-0.3, -0.25) is 0 Å². The number of piperidine rings is 1. The summed E-state index contributed by atoms with van der Waals surface area (Å²) in [6, 6.07) is 0.707. The molecule has 5 heteroatoms. The number of likely N-dealkylation sites (N-methyl/N-ethyl adjacent to an activating group) is 1. The number of nitrogens with one attached hydrogen (secondary N) is 1.